The van der Waals surface area contributed by atoms with Gasteiger partial charge >= 0.3 is 0 Å². The highest BCUT2D eigenvalue weighted by Crippen LogP contribution is 2.11. The van der Waals surface area contributed by atoms with Crippen LogP contribution in [0.15, 0.2) is 30.6 Å². The van der Waals surface area contributed by atoms with Gasteiger partial charge in [-0.15, -0.1) is 0 Å². The second kappa shape index (κ2) is 3.91. The molecule has 0 aliphatic rings. The van der Waals surface area contributed by atoms with E-state index in [4.69, 9.17) is 5.41 Å². The van der Waals surface area contributed by atoms with Crippen LogP contribution in [-0.2, 0) is 6.54 Å². The molecule has 2 N–H and O–H groups in total. The zero-order chi connectivity index (χ0) is 9.80. The number of aromatic nitrogens is 2. The van der Waals surface area contributed by atoms with Crippen LogP contribution in [-0.4, -0.2) is 22.4 Å². The highest BCUT2D eigenvalue weighted by molar-refractivity contribution is 5.75. The van der Waals surface area contributed by atoms with Crippen LogP contribution in [0.4, 0.5) is 0 Å². The van der Waals surface area contributed by atoms with Gasteiger partial charge in [0, 0.05) is 25.5 Å². The van der Waals surface area contributed by atoms with Gasteiger partial charge in [0.1, 0.15) is 0 Å². The Hall–Kier alpha value is -1.84. The van der Waals surface area contributed by atoms with E-state index < -0.39 is 0 Å². The predicted octanol–water partition coefficient (Wildman–Crippen LogP) is 1.23. The molecule has 2 aromatic rings. The summed E-state index contributed by atoms with van der Waals surface area (Å²) in [4.78, 5) is 4.24. The van der Waals surface area contributed by atoms with Crippen LogP contribution in [0, 0.1) is 5.41 Å². The van der Waals surface area contributed by atoms with E-state index in [-0.39, 0.29) is 0 Å². The van der Waals surface area contributed by atoms with Gasteiger partial charge in [-0.1, -0.05) is 0 Å². The van der Waals surface area contributed by atoms with E-state index in [1.165, 1.54) is 6.34 Å². The van der Waals surface area contributed by atoms with Crippen molar-refractivity contribution in [2.24, 2.45) is 0 Å². The van der Waals surface area contributed by atoms with Gasteiger partial charge in [-0.2, -0.15) is 0 Å². The van der Waals surface area contributed by atoms with Gasteiger partial charge in [-0.3, -0.25) is 10.4 Å². The predicted molar refractivity (Wildman–Crippen MR) is 56.5 cm³/mol. The summed E-state index contributed by atoms with van der Waals surface area (Å²) in [5.74, 6) is 0. The van der Waals surface area contributed by atoms with E-state index in [9.17, 15) is 0 Å². The Morgan fingerprint density at radius 2 is 2.43 bits per heavy atom. The minimum Gasteiger partial charge on any atom is -0.375 e. The van der Waals surface area contributed by atoms with Crippen LogP contribution in [0.2, 0.25) is 0 Å². The molecule has 2 aromatic heterocycles. The molecule has 0 aromatic carbocycles. The summed E-state index contributed by atoms with van der Waals surface area (Å²) >= 11 is 0. The van der Waals surface area contributed by atoms with Crippen molar-refractivity contribution in [3.05, 3.63) is 30.6 Å². The van der Waals surface area contributed by atoms with Gasteiger partial charge in [0.15, 0.2) is 0 Å². The Morgan fingerprint density at radius 1 is 1.50 bits per heavy atom. The molecule has 0 bridgehead atoms. The first-order valence-electron chi connectivity index (χ1n) is 4.54. The lowest BCUT2D eigenvalue weighted by Crippen LogP contribution is -2.17. The van der Waals surface area contributed by atoms with Crippen molar-refractivity contribution in [3.8, 4) is 0 Å². The molecule has 2 rings (SSSR count). The van der Waals surface area contributed by atoms with Crippen LogP contribution >= 0.6 is 0 Å². The molecule has 4 heteroatoms. The largest absolute Gasteiger partial charge is 0.375 e. The number of rotatable bonds is 4. The van der Waals surface area contributed by atoms with Crippen molar-refractivity contribution in [2.75, 3.05) is 6.54 Å². The van der Waals surface area contributed by atoms with Gasteiger partial charge in [0.2, 0.25) is 0 Å². The molecule has 0 spiro atoms. The SMILES string of the molecule is N=CNCCn1ccc2ncccc21. The van der Waals surface area contributed by atoms with E-state index >= 15 is 0 Å². The molecule has 0 atom stereocenters. The smallest absolute Gasteiger partial charge is 0.0880 e. The molecule has 0 amide bonds. The third-order valence-electron chi connectivity index (χ3n) is 2.14. The van der Waals surface area contributed by atoms with Crippen molar-refractivity contribution in [3.63, 3.8) is 0 Å². The lowest BCUT2D eigenvalue weighted by atomic mass is 10.4. The first kappa shape index (κ1) is 8.74. The minimum absolute atomic E-state index is 0.766. The number of hydrogen-bond donors (Lipinski definition) is 2. The van der Waals surface area contributed by atoms with Gasteiger partial charge in [-0.25, -0.2) is 0 Å². The molecule has 14 heavy (non-hydrogen) atoms. The molecular formula is C10H12N4. The van der Waals surface area contributed by atoms with Crippen molar-refractivity contribution in [2.45, 2.75) is 6.54 Å². The summed E-state index contributed by atoms with van der Waals surface area (Å²) in [6.45, 7) is 1.62. The normalized spacial score (nSPS) is 10.3. The Balaban J connectivity index is 2.20. The summed E-state index contributed by atoms with van der Waals surface area (Å²) in [5.41, 5.74) is 2.15. The zero-order valence-corrected chi connectivity index (χ0v) is 7.77. The number of hydrogen-bond acceptors (Lipinski definition) is 2. The maximum Gasteiger partial charge on any atom is 0.0880 e. The highest BCUT2D eigenvalue weighted by atomic mass is 15.0. The van der Waals surface area contributed by atoms with E-state index in [1.807, 2.05) is 24.4 Å². The Morgan fingerprint density at radius 3 is 3.29 bits per heavy atom. The first-order chi connectivity index (χ1) is 6.92. The number of fused-ring (bicyclic) bond motifs is 1. The van der Waals surface area contributed by atoms with Crippen molar-refractivity contribution in [1.29, 1.82) is 5.41 Å². The number of pyridine rings is 1. The summed E-state index contributed by atoms with van der Waals surface area (Å²) in [6, 6.07) is 5.98. The Kier molecular flexibility index (Phi) is 2.44. The van der Waals surface area contributed by atoms with Crippen molar-refractivity contribution >= 4 is 17.4 Å². The van der Waals surface area contributed by atoms with Crippen molar-refractivity contribution < 1.29 is 0 Å². The summed E-state index contributed by atoms with van der Waals surface area (Å²) in [5, 5.41) is 9.69. The molecule has 2 heterocycles. The monoisotopic (exact) mass is 188 g/mol. The van der Waals surface area contributed by atoms with Gasteiger partial charge < -0.3 is 9.88 Å². The van der Waals surface area contributed by atoms with Gasteiger partial charge in [0.05, 0.1) is 17.4 Å². The molecule has 0 aliphatic heterocycles. The van der Waals surface area contributed by atoms with Gasteiger partial charge in [-0.05, 0) is 18.2 Å². The van der Waals surface area contributed by atoms with E-state index in [0.717, 1.165) is 24.1 Å². The Bertz CT molecular complexity index is 432. The quantitative estimate of drug-likeness (QED) is 0.431. The average molecular weight is 188 g/mol. The highest BCUT2D eigenvalue weighted by Gasteiger charge is 1.98. The molecule has 0 fully saturated rings. The molecule has 0 radical (unpaired) electrons. The fraction of sp³-hybridized carbons (Fsp3) is 0.200. The Labute approximate surface area is 82.1 Å². The maximum absolute atomic E-state index is 6.84. The summed E-state index contributed by atoms with van der Waals surface area (Å²) in [6.07, 6.45) is 5.02. The summed E-state index contributed by atoms with van der Waals surface area (Å²) in [7, 11) is 0. The molecule has 0 unspecified atom stereocenters. The lowest BCUT2D eigenvalue weighted by Gasteiger charge is -2.03. The van der Waals surface area contributed by atoms with E-state index in [1.54, 1.807) is 6.20 Å². The van der Waals surface area contributed by atoms with E-state index in [2.05, 4.69) is 14.9 Å². The number of nitrogens with zero attached hydrogens (tertiary/aromatic N) is 2. The first-order valence-corrected chi connectivity index (χ1v) is 4.54. The fourth-order valence-corrected chi connectivity index (χ4v) is 1.47. The van der Waals surface area contributed by atoms with Crippen LogP contribution in [0.1, 0.15) is 0 Å². The van der Waals surface area contributed by atoms with Crippen molar-refractivity contribution in [1.82, 2.24) is 14.9 Å². The van der Waals surface area contributed by atoms with Crippen LogP contribution in [0.25, 0.3) is 11.0 Å². The molecule has 0 saturated heterocycles. The summed E-state index contributed by atoms with van der Waals surface area (Å²) < 4.78 is 2.12. The minimum atomic E-state index is 0.766. The maximum atomic E-state index is 6.84. The average Bonchev–Trinajstić information content (AvgIpc) is 2.63. The lowest BCUT2D eigenvalue weighted by molar-refractivity contribution is 0.699. The molecule has 0 aliphatic carbocycles. The van der Waals surface area contributed by atoms with Gasteiger partial charge in [0.25, 0.3) is 0 Å². The van der Waals surface area contributed by atoms with Crippen LogP contribution < -0.4 is 5.32 Å². The van der Waals surface area contributed by atoms with E-state index in [0.29, 0.717) is 0 Å². The molecule has 4 nitrogen and oxygen atoms in total. The fourth-order valence-electron chi connectivity index (χ4n) is 1.47. The van der Waals surface area contributed by atoms with Crippen LogP contribution in [0.3, 0.4) is 0 Å². The molecule has 0 saturated carbocycles. The van der Waals surface area contributed by atoms with Crippen LogP contribution in [0.5, 0.6) is 0 Å². The standard InChI is InChI=1S/C10H12N4/c11-8-12-5-7-14-6-3-9-10(14)2-1-4-13-9/h1-4,6,8H,5,7H2,(H2,11,12). The molecule has 72 valence electrons. The second-order valence-corrected chi connectivity index (χ2v) is 3.02. The zero-order valence-electron chi connectivity index (χ0n) is 7.77. The molecular weight excluding hydrogens is 176 g/mol. The second-order valence-electron chi connectivity index (χ2n) is 3.02. The third kappa shape index (κ3) is 1.59. The third-order valence-corrected chi connectivity index (χ3v) is 2.14. The number of nitrogens with one attached hydrogen (secondary N) is 2. The topological polar surface area (TPSA) is 53.7 Å².